The predicted molar refractivity (Wildman–Crippen MR) is 97.1 cm³/mol. The minimum absolute atomic E-state index is 0.0113. The summed E-state index contributed by atoms with van der Waals surface area (Å²) in [6.45, 7) is 1.23. The van der Waals surface area contributed by atoms with Gasteiger partial charge in [0, 0.05) is 40.0 Å². The van der Waals surface area contributed by atoms with Gasteiger partial charge in [-0.3, -0.25) is 9.69 Å². The standard InChI is InChI=1S/C16H20N2O2S2/c1-17(2)13-7-5-12(6-8-13)11-14-15(19)18(16(21)22-14)9-4-10-20-3/h5-8,11H,4,9-10H2,1-3H3/b14-11-. The Hall–Kier alpha value is -1.37. The normalized spacial score (nSPS) is 16.7. The smallest absolute Gasteiger partial charge is 0.266 e. The van der Waals surface area contributed by atoms with Crippen molar-refractivity contribution in [1.82, 2.24) is 4.90 Å². The van der Waals surface area contributed by atoms with Gasteiger partial charge in [-0.25, -0.2) is 0 Å². The van der Waals surface area contributed by atoms with E-state index >= 15 is 0 Å². The van der Waals surface area contributed by atoms with Crippen molar-refractivity contribution < 1.29 is 9.53 Å². The molecule has 0 unspecified atom stereocenters. The summed E-state index contributed by atoms with van der Waals surface area (Å²) in [5.74, 6) is -0.0113. The number of amides is 1. The largest absolute Gasteiger partial charge is 0.385 e. The number of thioether (sulfide) groups is 1. The lowest BCUT2D eigenvalue weighted by molar-refractivity contribution is -0.122. The molecule has 0 radical (unpaired) electrons. The van der Waals surface area contributed by atoms with Crippen LogP contribution in [0.3, 0.4) is 0 Å². The quantitative estimate of drug-likeness (QED) is 0.453. The number of hydrogen-bond acceptors (Lipinski definition) is 5. The SMILES string of the molecule is COCCCN1C(=O)/C(=C/c2ccc(N(C)C)cc2)SC1=S. The summed E-state index contributed by atoms with van der Waals surface area (Å²) in [6.07, 6.45) is 2.68. The van der Waals surface area contributed by atoms with Gasteiger partial charge in [0.1, 0.15) is 4.32 Å². The molecule has 0 spiro atoms. The lowest BCUT2D eigenvalue weighted by atomic mass is 10.2. The van der Waals surface area contributed by atoms with Crippen LogP contribution in [0.25, 0.3) is 6.08 Å². The van der Waals surface area contributed by atoms with Crippen LogP contribution in [0, 0.1) is 0 Å². The number of anilines is 1. The van der Waals surface area contributed by atoms with Crippen LogP contribution in [0.2, 0.25) is 0 Å². The third-order valence-electron chi connectivity index (χ3n) is 3.31. The Morgan fingerprint density at radius 2 is 2.00 bits per heavy atom. The number of nitrogens with zero attached hydrogens (tertiary/aromatic N) is 2. The number of hydrogen-bond donors (Lipinski definition) is 0. The number of carbonyl (C=O) groups excluding carboxylic acids is 1. The molecule has 0 aliphatic carbocycles. The van der Waals surface area contributed by atoms with Crippen LogP contribution in [0.4, 0.5) is 5.69 Å². The molecule has 0 bridgehead atoms. The zero-order valence-electron chi connectivity index (χ0n) is 13.0. The zero-order valence-corrected chi connectivity index (χ0v) is 14.7. The second-order valence-electron chi connectivity index (χ2n) is 5.17. The molecule has 2 rings (SSSR count). The first-order valence-corrected chi connectivity index (χ1v) is 8.27. The number of thiocarbonyl (C=S) groups is 1. The van der Waals surface area contributed by atoms with Crippen LogP contribution in [0.1, 0.15) is 12.0 Å². The van der Waals surface area contributed by atoms with Crippen molar-refractivity contribution in [2.75, 3.05) is 39.3 Å². The topological polar surface area (TPSA) is 32.8 Å². The van der Waals surface area contributed by atoms with E-state index in [0.29, 0.717) is 22.4 Å². The van der Waals surface area contributed by atoms with E-state index in [-0.39, 0.29) is 5.91 Å². The molecule has 0 aromatic heterocycles. The van der Waals surface area contributed by atoms with Gasteiger partial charge in [0.25, 0.3) is 5.91 Å². The van der Waals surface area contributed by atoms with Crippen molar-refractivity contribution in [2.45, 2.75) is 6.42 Å². The van der Waals surface area contributed by atoms with Crippen LogP contribution < -0.4 is 4.90 Å². The summed E-state index contributed by atoms with van der Waals surface area (Å²) >= 11 is 6.66. The van der Waals surface area contributed by atoms with Crippen LogP contribution >= 0.6 is 24.0 Å². The van der Waals surface area contributed by atoms with Crippen molar-refractivity contribution in [2.24, 2.45) is 0 Å². The summed E-state index contributed by atoms with van der Waals surface area (Å²) < 4.78 is 5.64. The third-order valence-corrected chi connectivity index (χ3v) is 4.69. The van der Waals surface area contributed by atoms with Crippen molar-refractivity contribution in [3.05, 3.63) is 34.7 Å². The first-order chi connectivity index (χ1) is 10.5. The lowest BCUT2D eigenvalue weighted by Crippen LogP contribution is -2.29. The van der Waals surface area contributed by atoms with Crippen LogP contribution in [-0.2, 0) is 9.53 Å². The highest BCUT2D eigenvalue weighted by Gasteiger charge is 2.31. The van der Waals surface area contributed by atoms with Gasteiger partial charge in [-0.2, -0.15) is 0 Å². The maximum absolute atomic E-state index is 12.4. The molecule has 22 heavy (non-hydrogen) atoms. The fourth-order valence-corrected chi connectivity index (χ4v) is 3.39. The Balaban J connectivity index is 2.08. The molecule has 1 heterocycles. The highest BCUT2D eigenvalue weighted by Crippen LogP contribution is 2.32. The van der Waals surface area contributed by atoms with Gasteiger partial charge in [0.05, 0.1) is 4.91 Å². The summed E-state index contributed by atoms with van der Waals surface area (Å²) in [7, 11) is 5.65. The van der Waals surface area contributed by atoms with E-state index in [1.54, 1.807) is 12.0 Å². The van der Waals surface area contributed by atoms with Gasteiger partial charge in [0.2, 0.25) is 0 Å². The Morgan fingerprint density at radius 3 is 2.59 bits per heavy atom. The average molecular weight is 336 g/mol. The van der Waals surface area contributed by atoms with Crippen LogP contribution in [-0.4, -0.2) is 49.5 Å². The Kier molecular flexibility index (Phi) is 5.99. The highest BCUT2D eigenvalue weighted by atomic mass is 32.2. The first-order valence-electron chi connectivity index (χ1n) is 7.04. The number of carbonyl (C=O) groups is 1. The molecular weight excluding hydrogens is 316 g/mol. The number of benzene rings is 1. The Bertz CT molecular complexity index is 582. The molecule has 1 fully saturated rings. The molecule has 1 aromatic carbocycles. The average Bonchev–Trinajstić information content (AvgIpc) is 2.75. The van der Waals surface area contributed by atoms with Crippen LogP contribution in [0.15, 0.2) is 29.2 Å². The van der Waals surface area contributed by atoms with Gasteiger partial charge in [-0.05, 0) is 30.2 Å². The molecule has 1 amide bonds. The molecule has 4 nitrogen and oxygen atoms in total. The molecule has 6 heteroatoms. The van der Waals surface area contributed by atoms with Gasteiger partial charge < -0.3 is 9.64 Å². The number of methoxy groups -OCH3 is 1. The van der Waals surface area contributed by atoms with Crippen LogP contribution in [0.5, 0.6) is 0 Å². The summed E-state index contributed by atoms with van der Waals surface area (Å²) in [5.41, 5.74) is 2.13. The van der Waals surface area contributed by atoms with E-state index in [4.69, 9.17) is 17.0 Å². The van der Waals surface area contributed by atoms with Gasteiger partial charge >= 0.3 is 0 Å². The summed E-state index contributed by atoms with van der Waals surface area (Å²) in [6, 6.07) is 8.08. The van der Waals surface area contributed by atoms with Crippen molar-refractivity contribution in [1.29, 1.82) is 0 Å². The molecule has 0 saturated carbocycles. The Labute approximate surface area is 141 Å². The molecule has 1 aromatic rings. The minimum atomic E-state index is -0.0113. The first kappa shape index (κ1) is 17.0. The maximum Gasteiger partial charge on any atom is 0.266 e. The minimum Gasteiger partial charge on any atom is -0.385 e. The monoisotopic (exact) mass is 336 g/mol. The molecule has 1 aliphatic heterocycles. The second kappa shape index (κ2) is 7.76. The summed E-state index contributed by atoms with van der Waals surface area (Å²) in [5, 5.41) is 0. The maximum atomic E-state index is 12.4. The highest BCUT2D eigenvalue weighted by molar-refractivity contribution is 8.26. The van der Waals surface area contributed by atoms with E-state index in [2.05, 4.69) is 0 Å². The van der Waals surface area contributed by atoms with E-state index in [0.717, 1.165) is 17.7 Å². The van der Waals surface area contributed by atoms with E-state index in [1.165, 1.54) is 11.8 Å². The predicted octanol–water partition coefficient (Wildman–Crippen LogP) is 2.99. The second-order valence-corrected chi connectivity index (χ2v) is 6.84. The van der Waals surface area contributed by atoms with Gasteiger partial charge in [0.15, 0.2) is 0 Å². The fraction of sp³-hybridized carbons (Fsp3) is 0.375. The third kappa shape index (κ3) is 4.09. The molecule has 0 N–H and O–H groups in total. The van der Waals surface area contributed by atoms with Gasteiger partial charge in [-0.1, -0.05) is 36.1 Å². The summed E-state index contributed by atoms with van der Waals surface area (Å²) in [4.78, 5) is 16.8. The number of rotatable bonds is 6. The lowest BCUT2D eigenvalue weighted by Gasteiger charge is -2.13. The fourth-order valence-electron chi connectivity index (χ4n) is 2.08. The molecular formula is C16H20N2O2S2. The van der Waals surface area contributed by atoms with E-state index in [9.17, 15) is 4.79 Å². The van der Waals surface area contributed by atoms with Crippen molar-refractivity contribution in [3.63, 3.8) is 0 Å². The Morgan fingerprint density at radius 1 is 1.32 bits per heavy atom. The van der Waals surface area contributed by atoms with E-state index < -0.39 is 0 Å². The van der Waals surface area contributed by atoms with Gasteiger partial charge in [-0.15, -0.1) is 0 Å². The molecule has 0 atom stereocenters. The molecule has 1 saturated heterocycles. The van der Waals surface area contributed by atoms with Crippen molar-refractivity contribution in [3.8, 4) is 0 Å². The molecule has 118 valence electrons. The zero-order chi connectivity index (χ0) is 16.1. The molecule has 1 aliphatic rings. The van der Waals surface area contributed by atoms with Crippen molar-refractivity contribution >= 4 is 46.0 Å². The van der Waals surface area contributed by atoms with E-state index in [1.807, 2.05) is 49.3 Å². The number of ether oxygens (including phenoxy) is 1.